The molecule has 0 spiro atoms. The molecule has 0 aliphatic heterocycles. The molecular weight excluding hydrogens is 206 g/mol. The largest absolute Gasteiger partial charge is 0.372 e. The predicted octanol–water partition coefficient (Wildman–Crippen LogP) is 4.20. The fourth-order valence-corrected chi connectivity index (χ4v) is 1.82. The standard InChI is InChI=1S/C16H25N/c1-12(2)11-15-7-9-16(10-8-15)14(5)17(6)13(3)4/h7-10,12-13H,5,11H2,1-4,6H3. The highest BCUT2D eigenvalue weighted by molar-refractivity contribution is 5.62. The van der Waals surface area contributed by atoms with Crippen molar-refractivity contribution >= 4 is 5.70 Å². The maximum absolute atomic E-state index is 4.16. The molecule has 1 aromatic rings. The molecule has 0 atom stereocenters. The first-order valence-electron chi connectivity index (χ1n) is 6.43. The van der Waals surface area contributed by atoms with Gasteiger partial charge in [0.2, 0.25) is 0 Å². The zero-order valence-electron chi connectivity index (χ0n) is 11.8. The van der Waals surface area contributed by atoms with Gasteiger partial charge in [-0.15, -0.1) is 0 Å². The summed E-state index contributed by atoms with van der Waals surface area (Å²) < 4.78 is 0. The number of rotatable bonds is 5. The van der Waals surface area contributed by atoms with Crippen molar-refractivity contribution in [3.63, 3.8) is 0 Å². The monoisotopic (exact) mass is 231 g/mol. The van der Waals surface area contributed by atoms with Crippen LogP contribution >= 0.6 is 0 Å². The smallest absolute Gasteiger partial charge is 0.0366 e. The van der Waals surface area contributed by atoms with E-state index < -0.39 is 0 Å². The van der Waals surface area contributed by atoms with Crippen molar-refractivity contribution in [1.82, 2.24) is 4.90 Å². The van der Waals surface area contributed by atoms with Crippen LogP contribution in [0.15, 0.2) is 30.8 Å². The average molecular weight is 231 g/mol. The minimum Gasteiger partial charge on any atom is -0.372 e. The summed E-state index contributed by atoms with van der Waals surface area (Å²) in [6.07, 6.45) is 1.15. The summed E-state index contributed by atoms with van der Waals surface area (Å²) in [5.41, 5.74) is 3.72. The predicted molar refractivity (Wildman–Crippen MR) is 76.9 cm³/mol. The van der Waals surface area contributed by atoms with Gasteiger partial charge in [0, 0.05) is 18.8 Å². The van der Waals surface area contributed by atoms with Gasteiger partial charge in [-0.1, -0.05) is 44.7 Å². The van der Waals surface area contributed by atoms with Crippen molar-refractivity contribution in [2.75, 3.05) is 7.05 Å². The van der Waals surface area contributed by atoms with Crippen LogP contribution in [-0.2, 0) is 6.42 Å². The van der Waals surface area contributed by atoms with Crippen LogP contribution in [0, 0.1) is 5.92 Å². The molecule has 0 aromatic heterocycles. The second kappa shape index (κ2) is 5.90. The van der Waals surface area contributed by atoms with E-state index in [0.29, 0.717) is 12.0 Å². The van der Waals surface area contributed by atoms with E-state index in [4.69, 9.17) is 0 Å². The van der Waals surface area contributed by atoms with E-state index in [1.807, 2.05) is 0 Å². The Hall–Kier alpha value is -1.24. The lowest BCUT2D eigenvalue weighted by Crippen LogP contribution is -2.24. The first-order chi connectivity index (χ1) is 7.91. The van der Waals surface area contributed by atoms with E-state index in [0.717, 1.165) is 12.1 Å². The van der Waals surface area contributed by atoms with Crippen molar-refractivity contribution in [1.29, 1.82) is 0 Å². The van der Waals surface area contributed by atoms with Gasteiger partial charge >= 0.3 is 0 Å². The molecule has 0 bridgehead atoms. The summed E-state index contributed by atoms with van der Waals surface area (Å²) in [5.74, 6) is 0.711. The Kier molecular flexibility index (Phi) is 4.80. The Morgan fingerprint density at radius 1 is 1.12 bits per heavy atom. The van der Waals surface area contributed by atoms with Gasteiger partial charge in [0.05, 0.1) is 0 Å². The molecule has 0 aliphatic rings. The molecule has 0 N–H and O–H groups in total. The number of hydrogen-bond acceptors (Lipinski definition) is 1. The molecule has 1 heteroatoms. The second-order valence-electron chi connectivity index (χ2n) is 5.45. The van der Waals surface area contributed by atoms with Crippen molar-refractivity contribution in [3.05, 3.63) is 42.0 Å². The van der Waals surface area contributed by atoms with Crippen molar-refractivity contribution in [2.45, 2.75) is 40.2 Å². The van der Waals surface area contributed by atoms with Crippen LogP contribution in [0.3, 0.4) is 0 Å². The number of nitrogens with zero attached hydrogens (tertiary/aromatic N) is 1. The summed E-state index contributed by atoms with van der Waals surface area (Å²) in [6.45, 7) is 13.0. The molecule has 0 unspecified atom stereocenters. The number of benzene rings is 1. The Balaban J connectivity index is 2.77. The molecule has 0 fully saturated rings. The SMILES string of the molecule is C=C(c1ccc(CC(C)C)cc1)N(C)C(C)C. The summed E-state index contributed by atoms with van der Waals surface area (Å²) in [6, 6.07) is 9.28. The molecule has 0 saturated carbocycles. The zero-order valence-corrected chi connectivity index (χ0v) is 11.8. The zero-order chi connectivity index (χ0) is 13.0. The van der Waals surface area contributed by atoms with Crippen LogP contribution in [0.25, 0.3) is 5.70 Å². The first kappa shape index (κ1) is 13.8. The maximum atomic E-state index is 4.16. The molecule has 94 valence electrons. The van der Waals surface area contributed by atoms with Crippen LogP contribution in [0.2, 0.25) is 0 Å². The Morgan fingerprint density at radius 3 is 2.06 bits per heavy atom. The topological polar surface area (TPSA) is 3.24 Å². The molecule has 0 aliphatic carbocycles. The summed E-state index contributed by atoms with van der Waals surface area (Å²) in [5, 5.41) is 0. The van der Waals surface area contributed by atoms with Gasteiger partial charge in [-0.25, -0.2) is 0 Å². The highest BCUT2D eigenvalue weighted by Crippen LogP contribution is 2.19. The van der Waals surface area contributed by atoms with Gasteiger partial charge in [0.25, 0.3) is 0 Å². The third-order valence-corrected chi connectivity index (χ3v) is 3.13. The van der Waals surface area contributed by atoms with Crippen molar-refractivity contribution in [3.8, 4) is 0 Å². The number of hydrogen-bond donors (Lipinski definition) is 0. The first-order valence-corrected chi connectivity index (χ1v) is 6.43. The molecule has 0 amide bonds. The van der Waals surface area contributed by atoms with Crippen LogP contribution in [-0.4, -0.2) is 18.0 Å². The van der Waals surface area contributed by atoms with Crippen LogP contribution in [0.4, 0.5) is 0 Å². The third kappa shape index (κ3) is 3.92. The molecule has 1 rings (SSSR count). The Bertz CT molecular complexity index is 360. The van der Waals surface area contributed by atoms with Crippen LogP contribution < -0.4 is 0 Å². The molecule has 1 nitrogen and oxygen atoms in total. The summed E-state index contributed by atoms with van der Waals surface area (Å²) >= 11 is 0. The summed E-state index contributed by atoms with van der Waals surface area (Å²) in [4.78, 5) is 2.21. The molecule has 0 radical (unpaired) electrons. The van der Waals surface area contributed by atoms with E-state index in [2.05, 4.69) is 70.5 Å². The lowest BCUT2D eigenvalue weighted by atomic mass is 10.0. The maximum Gasteiger partial charge on any atom is 0.0366 e. The Morgan fingerprint density at radius 2 is 1.65 bits per heavy atom. The molecular formula is C16H25N. The quantitative estimate of drug-likeness (QED) is 0.734. The van der Waals surface area contributed by atoms with E-state index >= 15 is 0 Å². The lowest BCUT2D eigenvalue weighted by molar-refractivity contribution is 0.397. The van der Waals surface area contributed by atoms with Crippen LogP contribution in [0.5, 0.6) is 0 Å². The highest BCUT2D eigenvalue weighted by atomic mass is 15.1. The normalized spacial score (nSPS) is 11.0. The molecule has 1 aromatic carbocycles. The van der Waals surface area contributed by atoms with Crippen molar-refractivity contribution < 1.29 is 0 Å². The van der Waals surface area contributed by atoms with Crippen molar-refractivity contribution in [2.24, 2.45) is 5.92 Å². The van der Waals surface area contributed by atoms with Gasteiger partial charge in [0.1, 0.15) is 0 Å². The van der Waals surface area contributed by atoms with E-state index in [-0.39, 0.29) is 0 Å². The van der Waals surface area contributed by atoms with Gasteiger partial charge in [-0.3, -0.25) is 0 Å². The van der Waals surface area contributed by atoms with E-state index in [1.54, 1.807) is 0 Å². The van der Waals surface area contributed by atoms with Gasteiger partial charge in [0.15, 0.2) is 0 Å². The van der Waals surface area contributed by atoms with Gasteiger partial charge in [-0.05, 0) is 37.3 Å². The average Bonchev–Trinajstić information content (AvgIpc) is 2.27. The lowest BCUT2D eigenvalue weighted by Gasteiger charge is -2.26. The minimum absolute atomic E-state index is 0.484. The summed E-state index contributed by atoms with van der Waals surface area (Å²) in [7, 11) is 2.09. The molecule has 17 heavy (non-hydrogen) atoms. The minimum atomic E-state index is 0.484. The molecule has 0 heterocycles. The Labute approximate surface area is 106 Å². The highest BCUT2D eigenvalue weighted by Gasteiger charge is 2.08. The van der Waals surface area contributed by atoms with E-state index in [9.17, 15) is 0 Å². The third-order valence-electron chi connectivity index (χ3n) is 3.13. The van der Waals surface area contributed by atoms with Gasteiger partial charge in [-0.2, -0.15) is 0 Å². The fourth-order valence-electron chi connectivity index (χ4n) is 1.82. The fraction of sp³-hybridized carbons (Fsp3) is 0.500. The van der Waals surface area contributed by atoms with Gasteiger partial charge < -0.3 is 4.90 Å². The molecule has 0 saturated heterocycles. The van der Waals surface area contributed by atoms with Crippen LogP contribution in [0.1, 0.15) is 38.8 Å². The second-order valence-corrected chi connectivity index (χ2v) is 5.45. The van der Waals surface area contributed by atoms with E-state index in [1.165, 1.54) is 11.1 Å².